The molecule has 2 saturated carbocycles. The molecule has 15 nitrogen and oxygen atoms in total. The molecule has 4 N–H and O–H groups in total. The number of aromatic nitrogens is 1. The summed E-state index contributed by atoms with van der Waals surface area (Å²) in [7, 11) is -4.00. The average molecular weight is 809 g/mol. The third-order valence-electron chi connectivity index (χ3n) is 9.59. The number of hydrogen-bond acceptors (Lipinski definition) is 9. The third-order valence-corrected chi connectivity index (χ3v) is 11.4. The highest BCUT2D eigenvalue weighted by molar-refractivity contribution is 7.91. The van der Waals surface area contributed by atoms with Crippen molar-refractivity contribution < 1.29 is 55.0 Å². The van der Waals surface area contributed by atoms with Gasteiger partial charge in [-0.05, 0) is 75.8 Å². The molecule has 306 valence electrons. The van der Waals surface area contributed by atoms with Crippen LogP contribution in [-0.4, -0.2) is 88.9 Å². The van der Waals surface area contributed by atoms with E-state index >= 15 is 0 Å². The van der Waals surface area contributed by atoms with Gasteiger partial charge in [-0.1, -0.05) is 26.8 Å². The Morgan fingerprint density at radius 1 is 1.00 bits per heavy atom. The maximum absolute atomic E-state index is 14.4. The molecule has 1 saturated heterocycles. The largest absolute Gasteiger partial charge is 0.444 e. The van der Waals surface area contributed by atoms with Crippen LogP contribution in [0.25, 0.3) is 5.69 Å². The zero-order valence-electron chi connectivity index (χ0n) is 31.9. The predicted molar refractivity (Wildman–Crippen MR) is 197 cm³/mol. The number of ether oxygens (including phenoxy) is 2. The number of carbonyl (C=O) groups excluding carboxylic acids is 5. The van der Waals surface area contributed by atoms with Gasteiger partial charge in [0.2, 0.25) is 21.8 Å². The first kappa shape index (κ1) is 42.1. The standard InChI is InChI=1S/C37H47F3N6O9S/c1-8-21-19-36(21,31(49)44-56(52,53)24-12-13-24)43-29(47)27-18-23(20-46(27)30(48)28(34(2,3)4)42-33(51)55-35(5,6)7)54-32(50)41-25-17-22(37(38,39)40)11-14-26(25)45-15-9-10-16-45/h8-11,14-17,21,23-24,27-28H,1,12-13,18-20H2,2-7H3,(H,41,50)(H,42,51)(H,43,47)(H,44,49)/t21?,23-,27+,28-,36?/m1/s1. The molecule has 5 rings (SSSR count). The van der Waals surface area contributed by atoms with Crippen LogP contribution in [0.5, 0.6) is 0 Å². The maximum atomic E-state index is 14.4. The summed E-state index contributed by atoms with van der Waals surface area (Å²) in [5, 5.41) is 6.82. The molecule has 1 aromatic heterocycles. The zero-order chi connectivity index (χ0) is 41.6. The van der Waals surface area contributed by atoms with Crippen molar-refractivity contribution in [3.8, 4) is 5.69 Å². The number of alkyl halides is 3. The van der Waals surface area contributed by atoms with Crippen LogP contribution in [0.2, 0.25) is 0 Å². The van der Waals surface area contributed by atoms with Gasteiger partial charge in [-0.3, -0.25) is 24.4 Å². The van der Waals surface area contributed by atoms with Crippen LogP contribution >= 0.6 is 0 Å². The van der Waals surface area contributed by atoms with E-state index in [1.807, 2.05) is 0 Å². The van der Waals surface area contributed by atoms with Crippen molar-refractivity contribution in [3.05, 3.63) is 60.9 Å². The number of carbonyl (C=O) groups is 5. The fourth-order valence-electron chi connectivity index (χ4n) is 6.46. The minimum Gasteiger partial charge on any atom is -0.444 e. The average Bonchev–Trinajstić information content (AvgIpc) is 3.94. The zero-order valence-corrected chi connectivity index (χ0v) is 32.7. The summed E-state index contributed by atoms with van der Waals surface area (Å²) in [6.07, 6.45) is -3.09. The minimum absolute atomic E-state index is 0.0167. The Kier molecular flexibility index (Phi) is 11.4. The van der Waals surface area contributed by atoms with Crippen molar-refractivity contribution >= 4 is 45.6 Å². The summed E-state index contributed by atoms with van der Waals surface area (Å²) in [6, 6.07) is 3.33. The van der Waals surface area contributed by atoms with Gasteiger partial charge in [0.05, 0.1) is 28.7 Å². The van der Waals surface area contributed by atoms with E-state index in [4.69, 9.17) is 9.47 Å². The maximum Gasteiger partial charge on any atom is 0.416 e. The van der Waals surface area contributed by atoms with E-state index in [9.17, 15) is 45.6 Å². The van der Waals surface area contributed by atoms with Gasteiger partial charge in [0.25, 0.3) is 5.91 Å². The van der Waals surface area contributed by atoms with E-state index in [0.29, 0.717) is 12.8 Å². The molecule has 19 heteroatoms. The monoisotopic (exact) mass is 808 g/mol. The highest BCUT2D eigenvalue weighted by atomic mass is 32.2. The number of anilines is 1. The highest BCUT2D eigenvalue weighted by Crippen LogP contribution is 2.45. The molecule has 5 atom stereocenters. The second-order valence-electron chi connectivity index (χ2n) is 16.3. The van der Waals surface area contributed by atoms with Crippen LogP contribution in [0, 0.1) is 11.3 Å². The quantitative estimate of drug-likeness (QED) is 0.235. The molecular formula is C37H47F3N6O9S. The summed E-state index contributed by atoms with van der Waals surface area (Å²) in [4.78, 5) is 69.3. The van der Waals surface area contributed by atoms with Gasteiger partial charge >= 0.3 is 18.4 Å². The highest BCUT2D eigenvalue weighted by Gasteiger charge is 2.62. The molecule has 1 aliphatic heterocycles. The van der Waals surface area contributed by atoms with Gasteiger partial charge in [0.1, 0.15) is 29.3 Å². The van der Waals surface area contributed by atoms with Crippen LogP contribution in [0.1, 0.15) is 72.8 Å². The first-order chi connectivity index (χ1) is 25.8. The SMILES string of the molecule is C=CC1CC1(NC(=O)[C@@H]1C[C@@H](OC(=O)Nc2cc(C(F)(F)F)ccc2-n2cccc2)CN1C(=O)[C@@H](NC(=O)OC(C)(C)C)C(C)(C)C)C(=O)NS(=O)(=O)C1CC1. The summed E-state index contributed by atoms with van der Waals surface area (Å²) in [5.41, 5.74) is -4.69. The van der Waals surface area contributed by atoms with Crippen molar-refractivity contribution in [3.63, 3.8) is 0 Å². The lowest BCUT2D eigenvalue weighted by molar-refractivity contribution is -0.143. The molecule has 2 heterocycles. The van der Waals surface area contributed by atoms with Crippen molar-refractivity contribution in [2.45, 2.75) is 108 Å². The molecule has 1 aromatic carbocycles. The fourth-order valence-corrected chi connectivity index (χ4v) is 7.82. The number of likely N-dealkylation sites (tertiary alicyclic amines) is 1. The second-order valence-corrected chi connectivity index (χ2v) is 18.3. The molecule has 0 spiro atoms. The molecular weight excluding hydrogens is 762 g/mol. The van der Waals surface area contributed by atoms with Crippen LogP contribution in [-0.2, 0) is 40.1 Å². The summed E-state index contributed by atoms with van der Waals surface area (Å²) < 4.78 is 80.9. The molecule has 56 heavy (non-hydrogen) atoms. The molecule has 2 unspecified atom stereocenters. The van der Waals surface area contributed by atoms with Crippen molar-refractivity contribution in [1.82, 2.24) is 24.8 Å². The van der Waals surface area contributed by atoms with Crippen molar-refractivity contribution in [2.75, 3.05) is 11.9 Å². The molecule has 5 amide bonds. The molecule has 2 aromatic rings. The van der Waals surface area contributed by atoms with E-state index in [1.54, 1.807) is 66.1 Å². The van der Waals surface area contributed by atoms with E-state index in [2.05, 4.69) is 27.3 Å². The Labute approximate surface area is 322 Å². The number of sulfonamides is 1. The lowest BCUT2D eigenvalue weighted by Gasteiger charge is -2.36. The van der Waals surface area contributed by atoms with Gasteiger partial charge in [0, 0.05) is 24.7 Å². The van der Waals surface area contributed by atoms with Crippen LogP contribution < -0.4 is 20.7 Å². The van der Waals surface area contributed by atoms with Gasteiger partial charge in [-0.25, -0.2) is 18.0 Å². The lowest BCUT2D eigenvalue weighted by Crippen LogP contribution is -2.60. The van der Waals surface area contributed by atoms with Crippen LogP contribution in [0.4, 0.5) is 28.4 Å². The predicted octanol–water partition coefficient (Wildman–Crippen LogP) is 4.62. The fraction of sp³-hybridized carbons (Fsp3) is 0.541. The van der Waals surface area contributed by atoms with Gasteiger partial charge < -0.3 is 29.6 Å². The molecule has 3 aliphatic rings. The Morgan fingerprint density at radius 2 is 1.64 bits per heavy atom. The number of halogens is 3. The Morgan fingerprint density at radius 3 is 2.18 bits per heavy atom. The molecule has 0 bridgehead atoms. The van der Waals surface area contributed by atoms with E-state index in [1.165, 1.54) is 16.7 Å². The second kappa shape index (κ2) is 15.1. The molecule has 0 radical (unpaired) electrons. The molecule has 3 fully saturated rings. The summed E-state index contributed by atoms with van der Waals surface area (Å²) in [5.74, 6) is -3.27. The number of amides is 5. The lowest BCUT2D eigenvalue weighted by atomic mass is 9.85. The van der Waals surface area contributed by atoms with Crippen molar-refractivity contribution in [2.24, 2.45) is 11.3 Å². The first-order valence-corrected chi connectivity index (χ1v) is 19.5. The van der Waals surface area contributed by atoms with Crippen molar-refractivity contribution in [1.29, 1.82) is 0 Å². The summed E-state index contributed by atoms with van der Waals surface area (Å²) in [6.45, 7) is 13.2. The summed E-state index contributed by atoms with van der Waals surface area (Å²) >= 11 is 0. The number of rotatable bonds is 11. The van der Waals surface area contributed by atoms with Crippen LogP contribution in [0.15, 0.2) is 55.4 Å². The third kappa shape index (κ3) is 9.65. The Hall–Kier alpha value is -5.07. The smallest absolute Gasteiger partial charge is 0.416 e. The number of hydrogen-bond donors (Lipinski definition) is 4. The van der Waals surface area contributed by atoms with E-state index < -0.39 is 104 Å². The topological polar surface area (TPSA) is 194 Å². The van der Waals surface area contributed by atoms with Gasteiger partial charge in [0.15, 0.2) is 0 Å². The van der Waals surface area contributed by atoms with E-state index in [0.717, 1.165) is 17.0 Å². The van der Waals surface area contributed by atoms with Gasteiger partial charge in [-0.15, -0.1) is 6.58 Å². The van der Waals surface area contributed by atoms with Crippen LogP contribution in [0.3, 0.4) is 0 Å². The first-order valence-electron chi connectivity index (χ1n) is 18.0. The Bertz CT molecular complexity index is 1990. The van der Waals surface area contributed by atoms with Gasteiger partial charge in [-0.2, -0.15) is 13.2 Å². The number of alkyl carbamates (subject to hydrolysis) is 1. The number of benzene rings is 1. The number of nitrogens with zero attached hydrogens (tertiary/aromatic N) is 2. The molecule has 2 aliphatic carbocycles. The van der Waals surface area contributed by atoms with E-state index in [-0.39, 0.29) is 24.2 Å². The Balaban J connectivity index is 1.42. The minimum atomic E-state index is -4.73. The normalized spacial score (nSPS) is 23.0. The number of nitrogens with one attached hydrogen (secondary N) is 4.